The van der Waals surface area contributed by atoms with E-state index in [1.165, 1.54) is 11.8 Å². The Hall–Kier alpha value is -1.80. The van der Waals surface area contributed by atoms with Gasteiger partial charge in [-0.15, -0.1) is 0 Å². The molecular weight excluding hydrogens is 314 g/mol. The fourth-order valence-corrected chi connectivity index (χ4v) is 2.44. The molecule has 0 amide bonds. The topological polar surface area (TPSA) is 33.2 Å². The van der Waals surface area contributed by atoms with Crippen LogP contribution in [0.3, 0.4) is 0 Å². The molecule has 9 heteroatoms. The van der Waals surface area contributed by atoms with Crippen molar-refractivity contribution in [1.82, 2.24) is 4.98 Å². The number of Topliss-reactive ketones (excluding diaryl/α,β-unsaturated/α-hetero) is 1. The second-order valence-corrected chi connectivity index (χ2v) is 5.06. The van der Waals surface area contributed by atoms with Gasteiger partial charge in [0.15, 0.2) is 5.78 Å². The summed E-state index contributed by atoms with van der Waals surface area (Å²) >= 11 is 0. The normalized spacial score (nSPS) is 19.6. The Morgan fingerprint density at radius 2 is 1.82 bits per heavy atom. The number of pyridine rings is 1. The molecular formula is C13H12F6N2O. The average molecular weight is 326 g/mol. The van der Waals surface area contributed by atoms with E-state index in [4.69, 9.17) is 0 Å². The smallest absolute Gasteiger partial charge is 0.347 e. The van der Waals surface area contributed by atoms with Crippen LogP contribution in [0.2, 0.25) is 0 Å². The molecule has 22 heavy (non-hydrogen) atoms. The van der Waals surface area contributed by atoms with Crippen molar-refractivity contribution in [3.05, 3.63) is 23.4 Å². The Balaban J connectivity index is 2.53. The van der Waals surface area contributed by atoms with E-state index in [1.807, 2.05) is 0 Å². The van der Waals surface area contributed by atoms with E-state index in [-0.39, 0.29) is 18.4 Å². The van der Waals surface area contributed by atoms with Crippen molar-refractivity contribution < 1.29 is 31.1 Å². The highest BCUT2D eigenvalue weighted by atomic mass is 19.4. The largest absolute Gasteiger partial charge is 0.433 e. The number of halogens is 6. The highest BCUT2D eigenvalue weighted by Gasteiger charge is 2.40. The molecule has 122 valence electrons. The van der Waals surface area contributed by atoms with Crippen LogP contribution < -0.4 is 4.90 Å². The Kier molecular flexibility index (Phi) is 4.09. The molecule has 1 atom stereocenters. The van der Waals surface area contributed by atoms with Crippen molar-refractivity contribution >= 4 is 11.6 Å². The molecule has 3 nitrogen and oxygen atoms in total. The maximum atomic E-state index is 12.8. The molecule has 2 rings (SSSR count). The lowest BCUT2D eigenvalue weighted by atomic mass is 10.1. The monoisotopic (exact) mass is 326 g/mol. The summed E-state index contributed by atoms with van der Waals surface area (Å²) < 4.78 is 76.7. The van der Waals surface area contributed by atoms with E-state index in [9.17, 15) is 31.1 Å². The second-order valence-electron chi connectivity index (χ2n) is 5.06. The third-order valence-electron chi connectivity index (χ3n) is 3.45. The van der Waals surface area contributed by atoms with Gasteiger partial charge in [-0.05, 0) is 31.9 Å². The number of hydrogen-bond donors (Lipinski definition) is 0. The maximum absolute atomic E-state index is 12.8. The van der Waals surface area contributed by atoms with Gasteiger partial charge in [-0.2, -0.15) is 26.3 Å². The van der Waals surface area contributed by atoms with Crippen LogP contribution in [0, 0.1) is 0 Å². The van der Waals surface area contributed by atoms with Crippen molar-refractivity contribution in [2.45, 2.75) is 38.2 Å². The Bertz CT molecular complexity index is 549. The first-order valence-electron chi connectivity index (χ1n) is 6.43. The summed E-state index contributed by atoms with van der Waals surface area (Å²) in [7, 11) is 0. The van der Waals surface area contributed by atoms with Crippen LogP contribution in [0.5, 0.6) is 0 Å². The number of carbonyl (C=O) groups excluding carboxylic acids is 1. The van der Waals surface area contributed by atoms with Gasteiger partial charge in [0.05, 0.1) is 11.6 Å². The van der Waals surface area contributed by atoms with E-state index >= 15 is 0 Å². The van der Waals surface area contributed by atoms with Crippen molar-refractivity contribution in [2.75, 3.05) is 11.4 Å². The number of rotatable bonds is 2. The van der Waals surface area contributed by atoms with E-state index < -0.39 is 35.5 Å². The lowest BCUT2D eigenvalue weighted by molar-refractivity contribution is -0.145. The maximum Gasteiger partial charge on any atom is 0.433 e. The summed E-state index contributed by atoms with van der Waals surface area (Å²) in [4.78, 5) is 16.0. The van der Waals surface area contributed by atoms with Gasteiger partial charge < -0.3 is 4.90 Å². The summed E-state index contributed by atoms with van der Waals surface area (Å²) in [5, 5.41) is 0. The predicted octanol–water partition coefficient (Wildman–Crippen LogP) is 3.68. The number of ketones is 1. The number of alkyl halides is 6. The Morgan fingerprint density at radius 1 is 1.18 bits per heavy atom. The van der Waals surface area contributed by atoms with Crippen LogP contribution in [0.4, 0.5) is 32.2 Å². The minimum atomic E-state index is -5.00. The summed E-state index contributed by atoms with van der Waals surface area (Å²) in [5.41, 5.74) is -3.05. The van der Waals surface area contributed by atoms with Crippen molar-refractivity contribution in [1.29, 1.82) is 0 Å². The minimum absolute atomic E-state index is 0.0255. The van der Waals surface area contributed by atoms with Crippen LogP contribution in [0.25, 0.3) is 0 Å². The zero-order valence-corrected chi connectivity index (χ0v) is 11.4. The van der Waals surface area contributed by atoms with Crippen LogP contribution in [-0.4, -0.2) is 23.4 Å². The summed E-state index contributed by atoms with van der Waals surface area (Å²) in [6.07, 6.45) is -9.04. The third kappa shape index (κ3) is 3.33. The van der Waals surface area contributed by atoms with E-state index in [1.54, 1.807) is 0 Å². The van der Waals surface area contributed by atoms with Crippen molar-refractivity contribution in [3.63, 3.8) is 0 Å². The summed E-state index contributed by atoms with van der Waals surface area (Å²) in [5.74, 6) is -0.787. The third-order valence-corrected chi connectivity index (χ3v) is 3.45. The number of carbonyl (C=O) groups is 1. The quantitative estimate of drug-likeness (QED) is 0.778. The Morgan fingerprint density at radius 3 is 2.32 bits per heavy atom. The van der Waals surface area contributed by atoms with Gasteiger partial charge in [0.1, 0.15) is 11.5 Å². The average Bonchev–Trinajstić information content (AvgIpc) is 2.85. The summed E-state index contributed by atoms with van der Waals surface area (Å²) in [6, 6.07) is -0.212. The van der Waals surface area contributed by atoms with E-state index in [0.29, 0.717) is 18.9 Å². The molecule has 1 unspecified atom stereocenters. The molecule has 0 N–H and O–H groups in total. The molecule has 0 saturated carbocycles. The molecule has 0 bridgehead atoms. The van der Waals surface area contributed by atoms with Crippen molar-refractivity contribution in [3.8, 4) is 0 Å². The minimum Gasteiger partial charge on any atom is -0.347 e. The zero-order valence-electron chi connectivity index (χ0n) is 11.4. The first kappa shape index (κ1) is 16.6. The van der Waals surface area contributed by atoms with Crippen LogP contribution in [0.1, 0.15) is 31.0 Å². The van der Waals surface area contributed by atoms with Crippen molar-refractivity contribution in [2.24, 2.45) is 0 Å². The molecule has 0 spiro atoms. The SMILES string of the molecule is CC(=O)C1CCCN1c1cc(C(F)(F)F)cc(C(F)(F)F)n1. The lowest BCUT2D eigenvalue weighted by Gasteiger charge is -2.25. The first-order chi connectivity index (χ1) is 10.00. The number of hydrogen-bond acceptors (Lipinski definition) is 3. The highest BCUT2D eigenvalue weighted by molar-refractivity contribution is 5.85. The fraction of sp³-hybridized carbons (Fsp3) is 0.538. The van der Waals surface area contributed by atoms with Gasteiger partial charge in [-0.1, -0.05) is 0 Å². The fourth-order valence-electron chi connectivity index (χ4n) is 2.44. The number of aromatic nitrogens is 1. The molecule has 0 radical (unpaired) electrons. The number of nitrogens with zero attached hydrogens (tertiary/aromatic N) is 2. The second kappa shape index (κ2) is 5.44. The standard InChI is InChI=1S/C13H12F6N2O/c1-7(22)9-3-2-4-21(9)11-6-8(12(14,15)16)5-10(20-11)13(17,18)19/h5-6,9H,2-4H2,1H3. The molecule has 1 saturated heterocycles. The molecule has 1 aliphatic rings. The van der Waals surface area contributed by atoms with Crippen LogP contribution >= 0.6 is 0 Å². The van der Waals surface area contributed by atoms with Gasteiger partial charge in [0.2, 0.25) is 0 Å². The van der Waals surface area contributed by atoms with Gasteiger partial charge in [-0.3, -0.25) is 4.79 Å². The lowest BCUT2D eigenvalue weighted by Crippen LogP contribution is -2.35. The van der Waals surface area contributed by atoms with Gasteiger partial charge in [0, 0.05) is 6.54 Å². The Labute approximate surface area is 121 Å². The molecule has 1 aromatic rings. The van der Waals surface area contributed by atoms with E-state index in [0.717, 1.165) is 0 Å². The van der Waals surface area contributed by atoms with Gasteiger partial charge in [-0.25, -0.2) is 4.98 Å². The molecule has 1 aromatic heterocycles. The number of anilines is 1. The zero-order chi connectivity index (χ0) is 16.7. The molecule has 1 fully saturated rings. The first-order valence-corrected chi connectivity index (χ1v) is 6.43. The molecule has 0 aromatic carbocycles. The van der Waals surface area contributed by atoms with E-state index in [2.05, 4.69) is 4.98 Å². The molecule has 1 aliphatic heterocycles. The highest BCUT2D eigenvalue weighted by Crippen LogP contribution is 2.37. The predicted molar refractivity (Wildman–Crippen MR) is 65.3 cm³/mol. The van der Waals surface area contributed by atoms with Crippen LogP contribution in [0.15, 0.2) is 12.1 Å². The van der Waals surface area contributed by atoms with Gasteiger partial charge >= 0.3 is 12.4 Å². The van der Waals surface area contributed by atoms with Crippen LogP contribution in [-0.2, 0) is 17.1 Å². The molecule has 2 heterocycles. The molecule has 0 aliphatic carbocycles. The summed E-state index contributed by atoms with van der Waals surface area (Å²) in [6.45, 7) is 1.44. The van der Waals surface area contributed by atoms with Gasteiger partial charge in [0.25, 0.3) is 0 Å².